The van der Waals surface area contributed by atoms with Crippen LogP contribution in [-0.2, 0) is 27.3 Å². The Morgan fingerprint density at radius 2 is 1.93 bits per heavy atom. The number of amides is 4. The van der Waals surface area contributed by atoms with Gasteiger partial charge in [0.2, 0.25) is 5.91 Å². The van der Waals surface area contributed by atoms with Crippen LogP contribution in [0.25, 0.3) is 0 Å². The van der Waals surface area contributed by atoms with Crippen LogP contribution >= 0.6 is 0 Å². The molecule has 0 radical (unpaired) electrons. The van der Waals surface area contributed by atoms with E-state index in [1.165, 1.54) is 0 Å². The highest BCUT2D eigenvalue weighted by Crippen LogP contribution is 2.30. The van der Waals surface area contributed by atoms with Crippen molar-refractivity contribution in [2.24, 2.45) is 5.92 Å². The predicted molar refractivity (Wildman–Crippen MR) is 100 cm³/mol. The molecule has 2 aliphatic heterocycles. The molecule has 0 aliphatic carbocycles. The molecule has 2 N–H and O–H groups in total. The number of carbonyl (C=O) groups excluding carboxylic acids is 3. The van der Waals surface area contributed by atoms with Crippen molar-refractivity contribution in [2.75, 3.05) is 6.54 Å². The number of urea groups is 1. The van der Waals surface area contributed by atoms with Crippen LogP contribution in [0.4, 0.5) is 4.79 Å². The lowest BCUT2D eigenvalue weighted by atomic mass is 9.95. The lowest BCUT2D eigenvalue weighted by Crippen LogP contribution is -2.46. The Balaban J connectivity index is 1.61. The normalized spacial score (nSPS) is 20.4. The van der Waals surface area contributed by atoms with Crippen molar-refractivity contribution in [3.05, 3.63) is 35.4 Å². The van der Waals surface area contributed by atoms with E-state index in [1.807, 2.05) is 31.2 Å². The van der Waals surface area contributed by atoms with Gasteiger partial charge in [0.05, 0.1) is 0 Å². The predicted octanol–water partition coefficient (Wildman–Crippen LogP) is 1.38. The maximum absolute atomic E-state index is 12.7. The molecule has 0 spiro atoms. The van der Waals surface area contributed by atoms with Gasteiger partial charge in [-0.15, -0.1) is 0 Å². The molecule has 2 aliphatic rings. The summed E-state index contributed by atoms with van der Waals surface area (Å²) >= 11 is 0. The number of hydrogen-bond donors (Lipinski definition) is 2. The largest absolute Gasteiger partial charge is 0.480 e. The number of fused-ring (bicyclic) bond motifs is 2. The molecule has 8 heteroatoms. The number of imide groups is 1. The first-order valence-electron chi connectivity index (χ1n) is 9.54. The molecule has 1 aromatic carbocycles. The van der Waals surface area contributed by atoms with Crippen molar-refractivity contribution < 1.29 is 24.3 Å². The molecule has 8 nitrogen and oxygen atoms in total. The number of carboxylic acid groups (broad SMARTS) is 1. The van der Waals surface area contributed by atoms with E-state index in [-0.39, 0.29) is 24.8 Å². The van der Waals surface area contributed by atoms with Crippen LogP contribution in [-0.4, -0.2) is 57.3 Å². The standard InChI is InChI=1S/C20H25N3O5/c1-3-12(2)17(19(26)27)21-16(24)8-9-22-18(25)15-10-13-6-4-5-7-14(13)11-23(15)20(22)28/h4-7,12,15,17H,3,8-11H2,1-2H3,(H,21,24)(H,26,27)/t12-,15-,17+/m1/s1. The Bertz CT molecular complexity index is 766. The van der Waals surface area contributed by atoms with E-state index in [0.717, 1.165) is 16.0 Å². The second kappa shape index (κ2) is 8.00. The number of nitrogens with zero attached hydrogens (tertiary/aromatic N) is 2. The summed E-state index contributed by atoms with van der Waals surface area (Å²) in [6.07, 6.45) is 0.960. The van der Waals surface area contributed by atoms with Gasteiger partial charge in [-0.2, -0.15) is 0 Å². The topological polar surface area (TPSA) is 107 Å². The first-order valence-corrected chi connectivity index (χ1v) is 9.54. The van der Waals surface area contributed by atoms with Crippen LogP contribution in [0, 0.1) is 5.92 Å². The van der Waals surface area contributed by atoms with E-state index in [2.05, 4.69) is 5.32 Å². The monoisotopic (exact) mass is 387 g/mol. The number of nitrogens with one attached hydrogen (secondary N) is 1. The summed E-state index contributed by atoms with van der Waals surface area (Å²) in [7, 11) is 0. The maximum Gasteiger partial charge on any atom is 0.327 e. The Morgan fingerprint density at radius 3 is 2.57 bits per heavy atom. The van der Waals surface area contributed by atoms with E-state index < -0.39 is 30.0 Å². The molecule has 150 valence electrons. The Morgan fingerprint density at radius 1 is 1.25 bits per heavy atom. The Kier molecular flexibility index (Phi) is 5.67. The van der Waals surface area contributed by atoms with Gasteiger partial charge in [-0.25, -0.2) is 9.59 Å². The molecule has 2 heterocycles. The van der Waals surface area contributed by atoms with Gasteiger partial charge in [0, 0.05) is 25.9 Å². The lowest BCUT2D eigenvalue weighted by molar-refractivity contribution is -0.143. The minimum Gasteiger partial charge on any atom is -0.480 e. The van der Waals surface area contributed by atoms with Crippen LogP contribution in [0.3, 0.4) is 0 Å². The molecule has 3 atom stereocenters. The van der Waals surface area contributed by atoms with Gasteiger partial charge in [0.15, 0.2) is 0 Å². The van der Waals surface area contributed by atoms with E-state index in [0.29, 0.717) is 19.4 Å². The third-order valence-electron chi connectivity index (χ3n) is 5.63. The molecular formula is C20H25N3O5. The quantitative estimate of drug-likeness (QED) is 0.688. The zero-order chi connectivity index (χ0) is 20.4. The average molecular weight is 387 g/mol. The zero-order valence-corrected chi connectivity index (χ0v) is 16.1. The molecule has 1 saturated heterocycles. The van der Waals surface area contributed by atoms with E-state index in [1.54, 1.807) is 11.8 Å². The summed E-state index contributed by atoms with van der Waals surface area (Å²) in [5.41, 5.74) is 2.08. The fourth-order valence-corrected chi connectivity index (χ4v) is 3.72. The molecule has 0 unspecified atom stereocenters. The van der Waals surface area contributed by atoms with Crippen molar-refractivity contribution in [3.8, 4) is 0 Å². The first kappa shape index (κ1) is 19.9. The summed E-state index contributed by atoms with van der Waals surface area (Å²) < 4.78 is 0. The SMILES string of the molecule is CC[C@@H](C)[C@H](NC(=O)CCN1C(=O)[C@H]2Cc3ccccc3CN2C1=O)C(=O)O. The van der Waals surface area contributed by atoms with Crippen LogP contribution < -0.4 is 5.32 Å². The van der Waals surface area contributed by atoms with Crippen molar-refractivity contribution in [2.45, 2.75) is 51.7 Å². The molecule has 0 saturated carbocycles. The third-order valence-corrected chi connectivity index (χ3v) is 5.63. The van der Waals surface area contributed by atoms with Crippen LogP contribution in [0.5, 0.6) is 0 Å². The smallest absolute Gasteiger partial charge is 0.327 e. The molecule has 1 fully saturated rings. The maximum atomic E-state index is 12.7. The number of aliphatic carboxylic acids is 1. The Hall–Kier alpha value is -2.90. The fourth-order valence-electron chi connectivity index (χ4n) is 3.72. The van der Waals surface area contributed by atoms with E-state index in [4.69, 9.17) is 0 Å². The summed E-state index contributed by atoms with van der Waals surface area (Å²) in [4.78, 5) is 51.5. The number of carbonyl (C=O) groups is 4. The molecular weight excluding hydrogens is 362 g/mol. The first-order chi connectivity index (χ1) is 13.3. The Labute approximate surface area is 163 Å². The second-order valence-electron chi connectivity index (χ2n) is 7.41. The van der Waals surface area contributed by atoms with Gasteiger partial charge >= 0.3 is 12.0 Å². The number of carboxylic acids is 1. The average Bonchev–Trinajstić information content (AvgIpc) is 2.91. The summed E-state index contributed by atoms with van der Waals surface area (Å²) in [6, 6.07) is 5.81. The van der Waals surface area contributed by atoms with Gasteiger partial charge in [-0.05, 0) is 17.0 Å². The molecule has 1 aromatic rings. The van der Waals surface area contributed by atoms with Crippen LogP contribution in [0.2, 0.25) is 0 Å². The highest BCUT2D eigenvalue weighted by atomic mass is 16.4. The van der Waals surface area contributed by atoms with E-state index in [9.17, 15) is 24.3 Å². The molecule has 0 aromatic heterocycles. The van der Waals surface area contributed by atoms with Crippen LogP contribution in [0.1, 0.15) is 37.8 Å². The van der Waals surface area contributed by atoms with Crippen molar-refractivity contribution >= 4 is 23.8 Å². The number of benzene rings is 1. The van der Waals surface area contributed by atoms with Crippen molar-refractivity contribution in [3.63, 3.8) is 0 Å². The second-order valence-corrected chi connectivity index (χ2v) is 7.41. The summed E-state index contributed by atoms with van der Waals surface area (Å²) in [5, 5.41) is 11.8. The highest BCUT2D eigenvalue weighted by Gasteiger charge is 2.46. The molecule has 3 rings (SSSR count). The van der Waals surface area contributed by atoms with Gasteiger partial charge in [0.25, 0.3) is 5.91 Å². The minimum atomic E-state index is -1.09. The van der Waals surface area contributed by atoms with Gasteiger partial charge in [-0.3, -0.25) is 14.5 Å². The van der Waals surface area contributed by atoms with Crippen molar-refractivity contribution in [1.82, 2.24) is 15.1 Å². The number of rotatable bonds is 7. The summed E-state index contributed by atoms with van der Waals surface area (Å²) in [6.45, 7) is 3.92. The minimum absolute atomic E-state index is 0.0559. The van der Waals surface area contributed by atoms with Crippen molar-refractivity contribution in [1.29, 1.82) is 0 Å². The zero-order valence-electron chi connectivity index (χ0n) is 16.1. The van der Waals surface area contributed by atoms with E-state index >= 15 is 0 Å². The van der Waals surface area contributed by atoms with Gasteiger partial charge in [-0.1, -0.05) is 44.5 Å². The summed E-state index contributed by atoms with van der Waals surface area (Å²) in [5.74, 6) is -2.10. The van der Waals surface area contributed by atoms with Gasteiger partial charge < -0.3 is 15.3 Å². The fraction of sp³-hybridized carbons (Fsp3) is 0.500. The number of hydrogen-bond acceptors (Lipinski definition) is 4. The molecule has 28 heavy (non-hydrogen) atoms. The highest BCUT2D eigenvalue weighted by molar-refractivity contribution is 6.05. The van der Waals surface area contributed by atoms with Crippen LogP contribution in [0.15, 0.2) is 24.3 Å². The molecule has 4 amide bonds. The van der Waals surface area contributed by atoms with Gasteiger partial charge in [0.1, 0.15) is 12.1 Å². The third kappa shape index (κ3) is 3.72. The lowest BCUT2D eigenvalue weighted by Gasteiger charge is -2.28. The molecule has 0 bridgehead atoms.